The average Bonchev–Trinajstić information content (AvgIpc) is 2.41. The Morgan fingerprint density at radius 3 is 2.38 bits per heavy atom. The predicted molar refractivity (Wildman–Crippen MR) is 72.4 cm³/mol. The van der Waals surface area contributed by atoms with E-state index in [1.807, 2.05) is 0 Å². The maximum atomic E-state index is 13.5. The highest BCUT2D eigenvalue weighted by Gasteiger charge is 2.14. The van der Waals surface area contributed by atoms with Crippen LogP contribution >= 0.6 is 0 Å². The van der Waals surface area contributed by atoms with Gasteiger partial charge in [-0.15, -0.1) is 0 Å². The zero-order valence-corrected chi connectivity index (χ0v) is 11.0. The lowest BCUT2D eigenvalue weighted by Crippen LogP contribution is -2.14. The molecule has 4 nitrogen and oxygen atoms in total. The minimum atomic E-state index is -1.40. The van der Waals surface area contributed by atoms with E-state index in [0.29, 0.717) is 5.56 Å². The summed E-state index contributed by atoms with van der Waals surface area (Å²) in [5, 5.41) is 11.1. The first-order chi connectivity index (χ1) is 9.88. The van der Waals surface area contributed by atoms with Gasteiger partial charge in [0.15, 0.2) is 0 Å². The lowest BCUT2D eigenvalue weighted by Gasteiger charge is -2.08. The Bertz CT molecular complexity index is 729. The molecule has 2 aromatic carbocycles. The normalized spacial score (nSPS) is 10.2. The quantitative estimate of drug-likeness (QED) is 0.912. The molecule has 21 heavy (non-hydrogen) atoms. The van der Waals surface area contributed by atoms with Crippen molar-refractivity contribution in [3.63, 3.8) is 0 Å². The van der Waals surface area contributed by atoms with Crippen LogP contribution in [0.3, 0.4) is 0 Å². The Balaban J connectivity index is 2.26. The monoisotopic (exact) mass is 291 g/mol. The van der Waals surface area contributed by atoms with E-state index >= 15 is 0 Å². The van der Waals surface area contributed by atoms with E-state index in [9.17, 15) is 18.4 Å². The van der Waals surface area contributed by atoms with Crippen LogP contribution in [0.1, 0.15) is 26.3 Å². The van der Waals surface area contributed by atoms with Crippen molar-refractivity contribution in [2.75, 3.05) is 5.32 Å². The zero-order valence-electron chi connectivity index (χ0n) is 11.0. The number of carboxylic acids is 1. The molecule has 1 amide bonds. The fourth-order valence-corrected chi connectivity index (χ4v) is 1.80. The summed E-state index contributed by atoms with van der Waals surface area (Å²) in [6.07, 6.45) is 0. The van der Waals surface area contributed by atoms with Crippen molar-refractivity contribution < 1.29 is 23.5 Å². The van der Waals surface area contributed by atoms with Crippen LogP contribution in [0.5, 0.6) is 0 Å². The van der Waals surface area contributed by atoms with Crippen LogP contribution in [-0.4, -0.2) is 17.0 Å². The van der Waals surface area contributed by atoms with Crippen LogP contribution in [-0.2, 0) is 0 Å². The molecule has 0 saturated heterocycles. The number of carbonyl (C=O) groups is 2. The van der Waals surface area contributed by atoms with Gasteiger partial charge in [-0.2, -0.15) is 0 Å². The van der Waals surface area contributed by atoms with Gasteiger partial charge in [-0.05, 0) is 42.8 Å². The maximum Gasteiger partial charge on any atom is 0.338 e. The lowest BCUT2D eigenvalue weighted by molar-refractivity contribution is 0.0692. The largest absolute Gasteiger partial charge is 0.478 e. The van der Waals surface area contributed by atoms with Crippen LogP contribution < -0.4 is 5.32 Å². The number of rotatable bonds is 3. The van der Waals surface area contributed by atoms with E-state index in [2.05, 4.69) is 5.32 Å². The second-order valence-electron chi connectivity index (χ2n) is 4.41. The van der Waals surface area contributed by atoms with Gasteiger partial charge in [0.1, 0.15) is 11.6 Å². The number of aromatic carboxylic acids is 1. The molecule has 0 bridgehead atoms. The van der Waals surface area contributed by atoms with Gasteiger partial charge in [-0.3, -0.25) is 4.79 Å². The van der Waals surface area contributed by atoms with Gasteiger partial charge in [0, 0.05) is 11.3 Å². The Hall–Kier alpha value is -2.76. The van der Waals surface area contributed by atoms with Crippen molar-refractivity contribution in [3.8, 4) is 0 Å². The first-order valence-electron chi connectivity index (χ1n) is 5.99. The van der Waals surface area contributed by atoms with Gasteiger partial charge >= 0.3 is 5.97 Å². The molecule has 2 rings (SSSR count). The van der Waals surface area contributed by atoms with Gasteiger partial charge in [0.2, 0.25) is 0 Å². The van der Waals surface area contributed by atoms with E-state index < -0.39 is 29.1 Å². The summed E-state index contributed by atoms with van der Waals surface area (Å²) in [4.78, 5) is 22.7. The summed E-state index contributed by atoms with van der Waals surface area (Å²) < 4.78 is 26.7. The van der Waals surface area contributed by atoms with Crippen molar-refractivity contribution in [1.82, 2.24) is 0 Å². The minimum absolute atomic E-state index is 0.0890. The van der Waals surface area contributed by atoms with Gasteiger partial charge in [-0.25, -0.2) is 13.6 Å². The van der Waals surface area contributed by atoms with Crippen molar-refractivity contribution in [2.24, 2.45) is 0 Å². The third-order valence-electron chi connectivity index (χ3n) is 2.90. The van der Waals surface area contributed by atoms with Crippen molar-refractivity contribution in [3.05, 3.63) is 64.7 Å². The number of aryl methyl sites for hydroxylation is 1. The summed E-state index contributed by atoms with van der Waals surface area (Å²) >= 11 is 0. The predicted octanol–water partition coefficient (Wildman–Crippen LogP) is 3.22. The highest BCUT2D eigenvalue weighted by molar-refractivity contribution is 6.05. The summed E-state index contributed by atoms with van der Waals surface area (Å²) in [7, 11) is 0. The fourth-order valence-electron chi connectivity index (χ4n) is 1.80. The number of nitrogens with one attached hydrogen (secondary N) is 1. The second-order valence-corrected chi connectivity index (χ2v) is 4.41. The maximum absolute atomic E-state index is 13.5. The summed E-state index contributed by atoms with van der Waals surface area (Å²) in [5.41, 5.74) is 0.287. The summed E-state index contributed by atoms with van der Waals surface area (Å²) in [5.74, 6) is -3.52. The van der Waals surface area contributed by atoms with Crippen molar-refractivity contribution >= 4 is 17.6 Å². The van der Waals surface area contributed by atoms with E-state index in [1.54, 1.807) is 6.92 Å². The van der Waals surface area contributed by atoms with Crippen molar-refractivity contribution in [1.29, 1.82) is 0 Å². The van der Waals surface area contributed by atoms with Crippen LogP contribution in [0.2, 0.25) is 0 Å². The first-order valence-corrected chi connectivity index (χ1v) is 5.99. The number of carboxylic acid groups (broad SMARTS) is 1. The molecule has 108 valence electrons. The number of anilines is 1. The highest BCUT2D eigenvalue weighted by Crippen LogP contribution is 2.17. The number of hydrogen-bond donors (Lipinski definition) is 2. The SMILES string of the molecule is Cc1ccc(F)cc1C(=O)Nc1ccc(C(=O)O)c(F)c1. The number of amides is 1. The molecule has 0 spiro atoms. The molecule has 0 radical (unpaired) electrons. The van der Waals surface area contributed by atoms with E-state index in [1.165, 1.54) is 18.2 Å². The molecule has 0 aliphatic heterocycles. The molecule has 0 aromatic heterocycles. The lowest BCUT2D eigenvalue weighted by atomic mass is 10.1. The van der Waals surface area contributed by atoms with Crippen LogP contribution in [0, 0.1) is 18.6 Å². The molecular formula is C15H11F2NO3. The second kappa shape index (κ2) is 5.70. The van der Waals surface area contributed by atoms with Crippen LogP contribution in [0.4, 0.5) is 14.5 Å². The van der Waals surface area contributed by atoms with Gasteiger partial charge in [0.25, 0.3) is 5.91 Å². The summed E-state index contributed by atoms with van der Waals surface area (Å²) in [6.45, 7) is 1.64. The molecule has 0 fully saturated rings. The van der Waals surface area contributed by atoms with Crippen LogP contribution in [0.15, 0.2) is 36.4 Å². The molecule has 2 aromatic rings. The number of benzene rings is 2. The minimum Gasteiger partial charge on any atom is -0.478 e. The Kier molecular flexibility index (Phi) is 3.98. The van der Waals surface area contributed by atoms with Gasteiger partial charge in [0.05, 0.1) is 5.56 Å². The van der Waals surface area contributed by atoms with E-state index in [0.717, 1.165) is 18.2 Å². The smallest absolute Gasteiger partial charge is 0.338 e. The molecular weight excluding hydrogens is 280 g/mol. The third kappa shape index (κ3) is 3.22. The number of carbonyl (C=O) groups excluding carboxylic acids is 1. The van der Waals surface area contributed by atoms with E-state index in [-0.39, 0.29) is 11.3 Å². The van der Waals surface area contributed by atoms with Crippen LogP contribution in [0.25, 0.3) is 0 Å². The van der Waals surface area contributed by atoms with Crippen molar-refractivity contribution in [2.45, 2.75) is 6.92 Å². The molecule has 0 aliphatic rings. The van der Waals surface area contributed by atoms with Gasteiger partial charge < -0.3 is 10.4 Å². The zero-order chi connectivity index (χ0) is 15.6. The Morgan fingerprint density at radius 2 is 1.76 bits per heavy atom. The molecule has 2 N–H and O–H groups in total. The number of hydrogen-bond acceptors (Lipinski definition) is 2. The molecule has 0 unspecified atom stereocenters. The molecule has 0 atom stereocenters. The topological polar surface area (TPSA) is 66.4 Å². The summed E-state index contributed by atoms with van der Waals surface area (Å²) in [6, 6.07) is 6.97. The molecule has 0 heterocycles. The highest BCUT2D eigenvalue weighted by atomic mass is 19.1. The average molecular weight is 291 g/mol. The Morgan fingerprint density at radius 1 is 1.05 bits per heavy atom. The Labute approximate surface area is 119 Å². The third-order valence-corrected chi connectivity index (χ3v) is 2.90. The first kappa shape index (κ1) is 14.6. The molecule has 6 heteroatoms. The van der Waals surface area contributed by atoms with E-state index in [4.69, 9.17) is 5.11 Å². The molecule has 0 aliphatic carbocycles. The fraction of sp³-hybridized carbons (Fsp3) is 0.0667. The molecule has 0 saturated carbocycles. The van der Waals surface area contributed by atoms with Gasteiger partial charge in [-0.1, -0.05) is 6.07 Å². The standard InChI is InChI=1S/C15H11F2NO3/c1-8-2-3-9(16)6-12(8)14(19)18-10-4-5-11(15(20)21)13(17)7-10/h2-7H,1H3,(H,18,19)(H,20,21). The number of halogens is 2.